The summed E-state index contributed by atoms with van der Waals surface area (Å²) in [6, 6.07) is 13.4. The van der Waals surface area contributed by atoms with Crippen molar-refractivity contribution in [3.05, 3.63) is 54.0 Å². The van der Waals surface area contributed by atoms with Crippen molar-refractivity contribution in [3.8, 4) is 5.75 Å². The van der Waals surface area contributed by atoms with Crippen molar-refractivity contribution >= 4 is 11.2 Å². The molecule has 3 rings (SSSR count). The maximum absolute atomic E-state index is 5.57. The Hall–Kier alpha value is -2.36. The molecule has 0 spiro atoms. The van der Waals surface area contributed by atoms with Gasteiger partial charge in [0.2, 0.25) is 11.6 Å². The fourth-order valence-electron chi connectivity index (χ4n) is 1.68. The molecule has 18 heavy (non-hydrogen) atoms. The van der Waals surface area contributed by atoms with Crippen LogP contribution in [0.15, 0.2) is 46.9 Å². The largest absolute Gasteiger partial charge is 0.484 e. The summed E-state index contributed by atoms with van der Waals surface area (Å²) >= 11 is 0. The number of oxazole rings is 1. The molecule has 0 N–H and O–H groups in total. The van der Waals surface area contributed by atoms with Crippen LogP contribution in [0.1, 0.15) is 11.6 Å². The predicted octanol–water partition coefficient (Wildman–Crippen LogP) is 3.11. The molecule has 0 radical (unpaired) electrons. The number of aryl methyl sites for hydroxylation is 1. The molecule has 0 bridgehead atoms. The molecule has 0 amide bonds. The Morgan fingerprint density at radius 2 is 1.89 bits per heavy atom. The summed E-state index contributed by atoms with van der Waals surface area (Å²) in [4.78, 5) is 8.58. The minimum absolute atomic E-state index is 0.305. The zero-order valence-electron chi connectivity index (χ0n) is 9.96. The maximum atomic E-state index is 5.57. The summed E-state index contributed by atoms with van der Waals surface area (Å²) < 4.78 is 11.1. The Bertz CT molecular complexity index is 662. The molecule has 2 aromatic heterocycles. The first-order valence-corrected chi connectivity index (χ1v) is 5.72. The quantitative estimate of drug-likeness (QED) is 0.705. The summed E-state index contributed by atoms with van der Waals surface area (Å²) in [6.07, 6.45) is 0. The molecule has 0 aliphatic carbocycles. The molecular formula is C14H12N2O2. The van der Waals surface area contributed by atoms with Gasteiger partial charge in [0.25, 0.3) is 0 Å². The molecule has 0 atom stereocenters. The van der Waals surface area contributed by atoms with Crippen LogP contribution < -0.4 is 4.74 Å². The van der Waals surface area contributed by atoms with Crippen LogP contribution in [-0.2, 0) is 6.61 Å². The number of rotatable bonds is 3. The van der Waals surface area contributed by atoms with Gasteiger partial charge in [-0.1, -0.05) is 18.2 Å². The van der Waals surface area contributed by atoms with Gasteiger partial charge in [0.1, 0.15) is 11.3 Å². The lowest BCUT2D eigenvalue weighted by molar-refractivity contribution is 0.266. The van der Waals surface area contributed by atoms with Crippen LogP contribution in [0.3, 0.4) is 0 Å². The van der Waals surface area contributed by atoms with Gasteiger partial charge in [0, 0.05) is 5.69 Å². The van der Waals surface area contributed by atoms with Crippen LogP contribution in [0.25, 0.3) is 11.2 Å². The number of nitrogens with zero attached hydrogens (tertiary/aromatic N) is 2. The summed E-state index contributed by atoms with van der Waals surface area (Å²) in [5.41, 5.74) is 2.23. The lowest BCUT2D eigenvalue weighted by atomic mass is 10.3. The van der Waals surface area contributed by atoms with Gasteiger partial charge >= 0.3 is 0 Å². The highest BCUT2D eigenvalue weighted by Gasteiger charge is 2.07. The maximum Gasteiger partial charge on any atom is 0.247 e. The SMILES string of the molecule is Cc1ccc2nc(COc3ccccc3)oc2n1. The second-order valence-electron chi connectivity index (χ2n) is 3.99. The third kappa shape index (κ3) is 2.18. The summed E-state index contributed by atoms with van der Waals surface area (Å²) in [5, 5.41) is 0. The van der Waals surface area contributed by atoms with Gasteiger partial charge in [0.05, 0.1) is 0 Å². The molecule has 2 heterocycles. The van der Waals surface area contributed by atoms with Crippen LogP contribution in [0, 0.1) is 6.92 Å². The zero-order valence-corrected chi connectivity index (χ0v) is 9.96. The molecule has 4 heteroatoms. The van der Waals surface area contributed by atoms with E-state index in [0.29, 0.717) is 18.2 Å². The van der Waals surface area contributed by atoms with E-state index in [4.69, 9.17) is 9.15 Å². The molecule has 0 unspecified atom stereocenters. The average molecular weight is 240 g/mol. The second-order valence-corrected chi connectivity index (χ2v) is 3.99. The van der Waals surface area contributed by atoms with Crippen molar-refractivity contribution in [1.82, 2.24) is 9.97 Å². The minimum atomic E-state index is 0.305. The van der Waals surface area contributed by atoms with E-state index in [0.717, 1.165) is 17.0 Å². The van der Waals surface area contributed by atoms with Gasteiger partial charge in [-0.2, -0.15) is 0 Å². The highest BCUT2D eigenvalue weighted by molar-refractivity contribution is 5.67. The minimum Gasteiger partial charge on any atom is -0.484 e. The first-order chi connectivity index (χ1) is 8.81. The first-order valence-electron chi connectivity index (χ1n) is 5.72. The molecule has 4 nitrogen and oxygen atoms in total. The first kappa shape index (κ1) is 10.8. The van der Waals surface area contributed by atoms with Crippen LogP contribution in [0.5, 0.6) is 5.75 Å². The van der Waals surface area contributed by atoms with E-state index in [1.807, 2.05) is 49.4 Å². The predicted molar refractivity (Wildman–Crippen MR) is 67.3 cm³/mol. The van der Waals surface area contributed by atoms with Crippen molar-refractivity contribution in [3.63, 3.8) is 0 Å². The summed E-state index contributed by atoms with van der Waals surface area (Å²) in [5.74, 6) is 1.33. The lowest BCUT2D eigenvalue weighted by Gasteiger charge is -2.01. The number of aromatic nitrogens is 2. The summed E-state index contributed by atoms with van der Waals surface area (Å²) in [6.45, 7) is 2.22. The Kier molecular flexibility index (Phi) is 2.68. The van der Waals surface area contributed by atoms with Gasteiger partial charge < -0.3 is 9.15 Å². The van der Waals surface area contributed by atoms with Gasteiger partial charge in [0.15, 0.2) is 6.61 Å². The van der Waals surface area contributed by atoms with Crippen molar-refractivity contribution in [1.29, 1.82) is 0 Å². The molecule has 90 valence electrons. The monoisotopic (exact) mass is 240 g/mol. The molecule has 0 saturated carbocycles. The highest BCUT2D eigenvalue weighted by atomic mass is 16.5. The number of para-hydroxylation sites is 1. The number of pyridine rings is 1. The van der Waals surface area contributed by atoms with E-state index < -0.39 is 0 Å². The smallest absolute Gasteiger partial charge is 0.247 e. The van der Waals surface area contributed by atoms with Crippen LogP contribution in [0.2, 0.25) is 0 Å². The third-order valence-electron chi connectivity index (χ3n) is 2.54. The summed E-state index contributed by atoms with van der Waals surface area (Å²) in [7, 11) is 0. The second kappa shape index (κ2) is 4.49. The highest BCUT2D eigenvalue weighted by Crippen LogP contribution is 2.16. The molecule has 0 fully saturated rings. The van der Waals surface area contributed by atoms with Crippen LogP contribution >= 0.6 is 0 Å². The average Bonchev–Trinajstić information content (AvgIpc) is 2.79. The number of hydrogen-bond donors (Lipinski definition) is 0. The molecule has 0 saturated heterocycles. The standard InChI is InChI=1S/C14H12N2O2/c1-10-7-8-12-14(15-10)18-13(16-12)9-17-11-5-3-2-4-6-11/h2-8H,9H2,1H3. The van der Waals surface area contributed by atoms with Crippen molar-refractivity contribution in [2.75, 3.05) is 0 Å². The normalized spacial score (nSPS) is 10.7. The van der Waals surface area contributed by atoms with Crippen molar-refractivity contribution < 1.29 is 9.15 Å². The molecular weight excluding hydrogens is 228 g/mol. The Balaban J connectivity index is 1.79. The Labute approximate surface area is 104 Å². The van der Waals surface area contributed by atoms with Crippen molar-refractivity contribution in [2.45, 2.75) is 13.5 Å². The topological polar surface area (TPSA) is 48.2 Å². The fraction of sp³-hybridized carbons (Fsp3) is 0.143. The Morgan fingerprint density at radius 3 is 2.72 bits per heavy atom. The molecule has 3 aromatic rings. The van der Waals surface area contributed by atoms with Crippen LogP contribution in [0.4, 0.5) is 0 Å². The number of ether oxygens (including phenoxy) is 1. The van der Waals surface area contributed by atoms with E-state index in [9.17, 15) is 0 Å². The van der Waals surface area contributed by atoms with Crippen LogP contribution in [-0.4, -0.2) is 9.97 Å². The van der Waals surface area contributed by atoms with E-state index in [-0.39, 0.29) is 0 Å². The van der Waals surface area contributed by atoms with Gasteiger partial charge in [-0.15, -0.1) is 0 Å². The third-order valence-corrected chi connectivity index (χ3v) is 2.54. The fourth-order valence-corrected chi connectivity index (χ4v) is 1.68. The van der Waals surface area contributed by atoms with E-state index >= 15 is 0 Å². The zero-order chi connectivity index (χ0) is 12.4. The Morgan fingerprint density at radius 1 is 1.06 bits per heavy atom. The van der Waals surface area contributed by atoms with Crippen molar-refractivity contribution in [2.24, 2.45) is 0 Å². The molecule has 0 aliphatic rings. The lowest BCUT2D eigenvalue weighted by Crippen LogP contribution is -1.94. The van der Waals surface area contributed by atoms with Gasteiger partial charge in [-0.3, -0.25) is 0 Å². The number of hydrogen-bond acceptors (Lipinski definition) is 4. The van der Waals surface area contributed by atoms with E-state index in [1.165, 1.54) is 0 Å². The molecule has 1 aromatic carbocycles. The number of benzene rings is 1. The van der Waals surface area contributed by atoms with Gasteiger partial charge in [-0.25, -0.2) is 9.97 Å². The molecule has 0 aliphatic heterocycles. The van der Waals surface area contributed by atoms with E-state index in [1.54, 1.807) is 0 Å². The van der Waals surface area contributed by atoms with E-state index in [2.05, 4.69) is 9.97 Å². The van der Waals surface area contributed by atoms with Gasteiger partial charge in [-0.05, 0) is 31.2 Å². The number of fused-ring (bicyclic) bond motifs is 1.